The lowest BCUT2D eigenvalue weighted by atomic mass is 10.0. The van der Waals surface area contributed by atoms with Crippen LogP contribution < -0.4 is 10.9 Å². The van der Waals surface area contributed by atoms with Crippen LogP contribution >= 0.6 is 0 Å². The summed E-state index contributed by atoms with van der Waals surface area (Å²) in [5.41, 5.74) is 2.04. The highest BCUT2D eigenvalue weighted by Gasteiger charge is 2.17. The monoisotopic (exact) mass is 192 g/mol. The Morgan fingerprint density at radius 2 is 2.36 bits per heavy atom. The molecule has 3 heteroatoms. The summed E-state index contributed by atoms with van der Waals surface area (Å²) in [5, 5.41) is 3.30. The van der Waals surface area contributed by atoms with Crippen LogP contribution in [0, 0.1) is 0 Å². The first kappa shape index (κ1) is 9.46. The zero-order valence-electron chi connectivity index (χ0n) is 8.47. The van der Waals surface area contributed by atoms with E-state index in [1.54, 1.807) is 0 Å². The number of aryl methyl sites for hydroxylation is 1. The molecule has 0 unspecified atom stereocenters. The SMILES string of the molecule is CCc1ccc([C@@H]2CCNC2)[nH]c1=O. The molecule has 76 valence electrons. The molecule has 0 aromatic carbocycles. The van der Waals surface area contributed by atoms with Crippen molar-refractivity contribution in [2.45, 2.75) is 25.7 Å². The van der Waals surface area contributed by atoms with Crippen LogP contribution in [-0.2, 0) is 6.42 Å². The van der Waals surface area contributed by atoms with E-state index in [9.17, 15) is 4.79 Å². The lowest BCUT2D eigenvalue weighted by Gasteiger charge is -2.08. The second-order valence-corrected chi connectivity index (χ2v) is 3.81. The normalized spacial score (nSPS) is 21.4. The van der Waals surface area contributed by atoms with Gasteiger partial charge >= 0.3 is 0 Å². The number of rotatable bonds is 2. The van der Waals surface area contributed by atoms with E-state index < -0.39 is 0 Å². The fraction of sp³-hybridized carbons (Fsp3) is 0.545. The van der Waals surface area contributed by atoms with Crippen LogP contribution in [0.5, 0.6) is 0 Å². The first-order valence-corrected chi connectivity index (χ1v) is 5.24. The summed E-state index contributed by atoms with van der Waals surface area (Å²) in [5.74, 6) is 0.494. The number of nitrogens with one attached hydrogen (secondary N) is 2. The summed E-state index contributed by atoms with van der Waals surface area (Å²) >= 11 is 0. The van der Waals surface area contributed by atoms with E-state index in [0.717, 1.165) is 37.2 Å². The molecule has 2 rings (SSSR count). The van der Waals surface area contributed by atoms with Gasteiger partial charge in [0.2, 0.25) is 0 Å². The molecule has 1 atom stereocenters. The minimum Gasteiger partial charge on any atom is -0.326 e. The quantitative estimate of drug-likeness (QED) is 0.734. The molecule has 14 heavy (non-hydrogen) atoms. The van der Waals surface area contributed by atoms with Crippen molar-refractivity contribution in [1.82, 2.24) is 10.3 Å². The molecular formula is C11H16N2O. The molecule has 2 heterocycles. The summed E-state index contributed by atoms with van der Waals surface area (Å²) in [7, 11) is 0. The highest BCUT2D eigenvalue weighted by Crippen LogP contribution is 2.19. The number of hydrogen-bond donors (Lipinski definition) is 2. The molecular weight excluding hydrogens is 176 g/mol. The molecule has 1 saturated heterocycles. The van der Waals surface area contributed by atoms with E-state index in [1.807, 2.05) is 13.0 Å². The molecule has 1 aromatic heterocycles. The fourth-order valence-electron chi connectivity index (χ4n) is 1.96. The van der Waals surface area contributed by atoms with Crippen LogP contribution in [0.25, 0.3) is 0 Å². The van der Waals surface area contributed by atoms with Gasteiger partial charge in [0.05, 0.1) is 0 Å². The van der Waals surface area contributed by atoms with Gasteiger partial charge in [0.25, 0.3) is 5.56 Å². The molecule has 0 aliphatic carbocycles. The summed E-state index contributed by atoms with van der Waals surface area (Å²) in [6.07, 6.45) is 1.93. The first-order chi connectivity index (χ1) is 6.81. The predicted octanol–water partition coefficient (Wildman–Crippen LogP) is 1.01. The van der Waals surface area contributed by atoms with Gasteiger partial charge in [-0.2, -0.15) is 0 Å². The molecule has 0 saturated carbocycles. The molecule has 3 nitrogen and oxygen atoms in total. The van der Waals surface area contributed by atoms with Crippen molar-refractivity contribution >= 4 is 0 Å². The third-order valence-electron chi connectivity index (χ3n) is 2.89. The minimum absolute atomic E-state index is 0.0805. The zero-order chi connectivity index (χ0) is 9.97. The average Bonchev–Trinajstić information content (AvgIpc) is 2.70. The standard InChI is InChI=1S/C11H16N2O/c1-2-8-3-4-10(13-11(8)14)9-5-6-12-7-9/h3-4,9,12H,2,5-7H2,1H3,(H,13,14)/t9-/m1/s1. The van der Waals surface area contributed by atoms with Gasteiger partial charge in [0, 0.05) is 23.7 Å². The van der Waals surface area contributed by atoms with Gasteiger partial charge in [-0.25, -0.2) is 0 Å². The maximum absolute atomic E-state index is 11.6. The Balaban J connectivity index is 2.27. The molecule has 1 aliphatic heterocycles. The van der Waals surface area contributed by atoms with Gasteiger partial charge in [-0.05, 0) is 25.5 Å². The third-order valence-corrected chi connectivity index (χ3v) is 2.89. The Morgan fingerprint density at radius 1 is 1.50 bits per heavy atom. The summed E-state index contributed by atoms with van der Waals surface area (Å²) in [6.45, 7) is 4.05. The highest BCUT2D eigenvalue weighted by molar-refractivity contribution is 5.18. The summed E-state index contributed by atoms with van der Waals surface area (Å²) in [6, 6.07) is 4.00. The van der Waals surface area contributed by atoms with Crippen LogP contribution in [0.2, 0.25) is 0 Å². The lowest BCUT2D eigenvalue weighted by molar-refractivity contribution is 0.728. The molecule has 0 radical (unpaired) electrons. The maximum Gasteiger partial charge on any atom is 0.251 e. The molecule has 2 N–H and O–H groups in total. The average molecular weight is 192 g/mol. The smallest absolute Gasteiger partial charge is 0.251 e. The number of pyridine rings is 1. The van der Waals surface area contributed by atoms with E-state index in [1.165, 1.54) is 0 Å². The topological polar surface area (TPSA) is 44.9 Å². The summed E-state index contributed by atoms with van der Waals surface area (Å²) in [4.78, 5) is 14.5. The Bertz CT molecular complexity index is 364. The van der Waals surface area contributed by atoms with Gasteiger partial charge in [0.15, 0.2) is 0 Å². The third kappa shape index (κ3) is 1.73. The van der Waals surface area contributed by atoms with Crippen molar-refractivity contribution in [3.8, 4) is 0 Å². The molecule has 0 amide bonds. The van der Waals surface area contributed by atoms with Crippen LogP contribution in [-0.4, -0.2) is 18.1 Å². The second-order valence-electron chi connectivity index (χ2n) is 3.81. The molecule has 0 bridgehead atoms. The number of aromatic amines is 1. The van der Waals surface area contributed by atoms with E-state index in [0.29, 0.717) is 5.92 Å². The van der Waals surface area contributed by atoms with Crippen LogP contribution in [0.1, 0.15) is 30.5 Å². The van der Waals surface area contributed by atoms with Crippen molar-refractivity contribution in [1.29, 1.82) is 0 Å². The first-order valence-electron chi connectivity index (χ1n) is 5.24. The zero-order valence-corrected chi connectivity index (χ0v) is 8.47. The van der Waals surface area contributed by atoms with Gasteiger partial charge in [-0.1, -0.05) is 13.0 Å². The van der Waals surface area contributed by atoms with E-state index in [-0.39, 0.29) is 5.56 Å². The fourth-order valence-corrected chi connectivity index (χ4v) is 1.96. The second kappa shape index (κ2) is 3.96. The largest absolute Gasteiger partial charge is 0.326 e. The molecule has 1 aliphatic rings. The molecule has 1 fully saturated rings. The number of hydrogen-bond acceptors (Lipinski definition) is 2. The Kier molecular flexibility index (Phi) is 2.68. The van der Waals surface area contributed by atoms with Crippen LogP contribution in [0.15, 0.2) is 16.9 Å². The van der Waals surface area contributed by atoms with Crippen LogP contribution in [0.3, 0.4) is 0 Å². The Labute approximate surface area is 83.5 Å². The van der Waals surface area contributed by atoms with Crippen molar-refractivity contribution in [2.75, 3.05) is 13.1 Å². The van der Waals surface area contributed by atoms with Gasteiger partial charge < -0.3 is 10.3 Å². The minimum atomic E-state index is 0.0805. The molecule has 1 aromatic rings. The lowest BCUT2D eigenvalue weighted by Crippen LogP contribution is -2.16. The van der Waals surface area contributed by atoms with E-state index in [4.69, 9.17) is 0 Å². The van der Waals surface area contributed by atoms with Crippen molar-refractivity contribution in [3.63, 3.8) is 0 Å². The van der Waals surface area contributed by atoms with E-state index in [2.05, 4.69) is 16.4 Å². The van der Waals surface area contributed by atoms with Gasteiger partial charge in [0.1, 0.15) is 0 Å². The molecule has 0 spiro atoms. The summed E-state index contributed by atoms with van der Waals surface area (Å²) < 4.78 is 0. The van der Waals surface area contributed by atoms with Crippen molar-refractivity contribution in [3.05, 3.63) is 33.7 Å². The number of aromatic nitrogens is 1. The van der Waals surface area contributed by atoms with Gasteiger partial charge in [-0.3, -0.25) is 4.79 Å². The van der Waals surface area contributed by atoms with Gasteiger partial charge in [-0.15, -0.1) is 0 Å². The Hall–Kier alpha value is -1.09. The Morgan fingerprint density at radius 3 is 2.93 bits per heavy atom. The highest BCUT2D eigenvalue weighted by atomic mass is 16.1. The number of H-pyrrole nitrogens is 1. The van der Waals surface area contributed by atoms with E-state index >= 15 is 0 Å². The van der Waals surface area contributed by atoms with Crippen molar-refractivity contribution < 1.29 is 0 Å². The predicted molar refractivity (Wildman–Crippen MR) is 56.7 cm³/mol. The van der Waals surface area contributed by atoms with Crippen LogP contribution in [0.4, 0.5) is 0 Å². The van der Waals surface area contributed by atoms with Crippen molar-refractivity contribution in [2.24, 2.45) is 0 Å². The maximum atomic E-state index is 11.6.